The van der Waals surface area contributed by atoms with Crippen LogP contribution in [0.1, 0.15) is 30.6 Å². The molecule has 5 heteroatoms. The van der Waals surface area contributed by atoms with E-state index in [2.05, 4.69) is 5.32 Å². The van der Waals surface area contributed by atoms with Crippen LogP contribution >= 0.6 is 0 Å². The molecule has 1 rings (SSSR count). The van der Waals surface area contributed by atoms with Crippen molar-refractivity contribution in [2.45, 2.75) is 20.3 Å². The van der Waals surface area contributed by atoms with Gasteiger partial charge in [0.1, 0.15) is 11.4 Å². The molecule has 1 aromatic rings. The lowest BCUT2D eigenvalue weighted by Gasteiger charge is -2.12. The summed E-state index contributed by atoms with van der Waals surface area (Å²) in [6.07, 6.45) is 0.629. The van der Waals surface area contributed by atoms with E-state index in [0.717, 1.165) is 6.07 Å². The first-order valence-corrected chi connectivity index (χ1v) is 5.30. The maximum atomic E-state index is 13.3. The third kappa shape index (κ3) is 3.03. The number of benzene rings is 1. The average Bonchev–Trinajstić information content (AvgIpc) is 2.27. The predicted molar refractivity (Wildman–Crippen MR) is 61.4 cm³/mol. The van der Waals surface area contributed by atoms with Gasteiger partial charge in [0.2, 0.25) is 5.91 Å². The highest BCUT2D eigenvalue weighted by molar-refractivity contribution is 6.01. The van der Waals surface area contributed by atoms with E-state index in [9.17, 15) is 14.0 Å². The SMILES string of the molecule is CCC(C)C(=O)Nc1cccc(F)c1C(=O)O. The van der Waals surface area contributed by atoms with E-state index in [1.54, 1.807) is 6.92 Å². The second-order valence-corrected chi connectivity index (χ2v) is 3.77. The first-order chi connectivity index (χ1) is 7.97. The first kappa shape index (κ1) is 13.2. The van der Waals surface area contributed by atoms with Crippen molar-refractivity contribution in [3.8, 4) is 0 Å². The van der Waals surface area contributed by atoms with E-state index in [1.165, 1.54) is 12.1 Å². The Morgan fingerprint density at radius 2 is 2.12 bits per heavy atom. The van der Waals surface area contributed by atoms with Crippen LogP contribution in [0.2, 0.25) is 0 Å². The third-order valence-electron chi connectivity index (χ3n) is 2.55. The molecule has 0 saturated heterocycles. The van der Waals surface area contributed by atoms with Crippen molar-refractivity contribution in [3.63, 3.8) is 0 Å². The van der Waals surface area contributed by atoms with E-state index < -0.39 is 17.3 Å². The van der Waals surface area contributed by atoms with Crippen molar-refractivity contribution in [3.05, 3.63) is 29.6 Å². The van der Waals surface area contributed by atoms with E-state index in [4.69, 9.17) is 5.11 Å². The number of aromatic carboxylic acids is 1. The molecule has 1 unspecified atom stereocenters. The lowest BCUT2D eigenvalue weighted by molar-refractivity contribution is -0.119. The molecule has 0 aliphatic carbocycles. The molecule has 0 bridgehead atoms. The van der Waals surface area contributed by atoms with Crippen LogP contribution in [0.15, 0.2) is 18.2 Å². The molecule has 1 atom stereocenters. The van der Waals surface area contributed by atoms with E-state index >= 15 is 0 Å². The largest absolute Gasteiger partial charge is 0.478 e. The molecule has 0 aliphatic heterocycles. The Hall–Kier alpha value is -1.91. The fourth-order valence-corrected chi connectivity index (χ4v) is 1.29. The van der Waals surface area contributed by atoms with Crippen LogP contribution in [0.5, 0.6) is 0 Å². The smallest absolute Gasteiger partial charge is 0.340 e. The van der Waals surface area contributed by atoms with Crippen LogP contribution in [0.4, 0.5) is 10.1 Å². The zero-order valence-corrected chi connectivity index (χ0v) is 9.66. The fourth-order valence-electron chi connectivity index (χ4n) is 1.29. The second-order valence-electron chi connectivity index (χ2n) is 3.77. The number of nitrogens with one attached hydrogen (secondary N) is 1. The zero-order valence-electron chi connectivity index (χ0n) is 9.66. The molecule has 2 N–H and O–H groups in total. The molecule has 92 valence electrons. The topological polar surface area (TPSA) is 66.4 Å². The Morgan fingerprint density at radius 3 is 2.65 bits per heavy atom. The van der Waals surface area contributed by atoms with E-state index in [-0.39, 0.29) is 17.5 Å². The summed E-state index contributed by atoms with van der Waals surface area (Å²) in [6, 6.07) is 3.77. The summed E-state index contributed by atoms with van der Waals surface area (Å²) in [5.41, 5.74) is -0.521. The third-order valence-corrected chi connectivity index (χ3v) is 2.55. The highest BCUT2D eigenvalue weighted by atomic mass is 19.1. The number of hydrogen-bond donors (Lipinski definition) is 2. The zero-order chi connectivity index (χ0) is 13.0. The van der Waals surface area contributed by atoms with Crippen molar-refractivity contribution in [2.24, 2.45) is 5.92 Å². The van der Waals surface area contributed by atoms with Gasteiger partial charge in [-0.1, -0.05) is 19.9 Å². The normalized spacial score (nSPS) is 11.9. The molecule has 0 aromatic heterocycles. The van der Waals surface area contributed by atoms with Crippen molar-refractivity contribution in [1.29, 1.82) is 0 Å². The lowest BCUT2D eigenvalue weighted by Crippen LogP contribution is -2.21. The molecule has 0 spiro atoms. The molecule has 17 heavy (non-hydrogen) atoms. The van der Waals surface area contributed by atoms with Gasteiger partial charge in [0.05, 0.1) is 5.69 Å². The second kappa shape index (κ2) is 5.43. The number of carboxylic acids is 1. The van der Waals surface area contributed by atoms with Crippen molar-refractivity contribution >= 4 is 17.6 Å². The van der Waals surface area contributed by atoms with Crippen LogP contribution in [0, 0.1) is 11.7 Å². The summed E-state index contributed by atoms with van der Waals surface area (Å²) in [4.78, 5) is 22.5. The number of amides is 1. The Kier molecular flexibility index (Phi) is 4.20. The van der Waals surface area contributed by atoms with Gasteiger partial charge in [0, 0.05) is 5.92 Å². The molecule has 0 aliphatic rings. The van der Waals surface area contributed by atoms with Gasteiger partial charge >= 0.3 is 5.97 Å². The van der Waals surface area contributed by atoms with Crippen LogP contribution in [0.3, 0.4) is 0 Å². The van der Waals surface area contributed by atoms with Gasteiger partial charge < -0.3 is 10.4 Å². The van der Waals surface area contributed by atoms with Gasteiger partial charge in [-0.25, -0.2) is 9.18 Å². The van der Waals surface area contributed by atoms with Crippen LogP contribution < -0.4 is 5.32 Å². The summed E-state index contributed by atoms with van der Waals surface area (Å²) in [5.74, 6) is -2.83. The molecule has 4 nitrogen and oxygen atoms in total. The molecule has 0 heterocycles. The Balaban J connectivity index is 3.03. The Morgan fingerprint density at radius 1 is 1.47 bits per heavy atom. The summed E-state index contributed by atoms with van der Waals surface area (Å²) >= 11 is 0. The minimum Gasteiger partial charge on any atom is -0.478 e. The number of carboxylic acid groups (broad SMARTS) is 1. The van der Waals surface area contributed by atoms with Crippen molar-refractivity contribution in [2.75, 3.05) is 5.32 Å². The molecular formula is C12H14FNO3. The number of carbonyl (C=O) groups excluding carboxylic acids is 1. The Labute approximate surface area is 98.5 Å². The summed E-state index contributed by atoms with van der Waals surface area (Å²) in [6.45, 7) is 3.56. The molecule has 0 saturated carbocycles. The van der Waals surface area contributed by atoms with E-state index in [1.807, 2.05) is 6.92 Å². The minimum absolute atomic E-state index is 0.0113. The van der Waals surface area contributed by atoms with Crippen LogP contribution in [-0.2, 0) is 4.79 Å². The molecular weight excluding hydrogens is 225 g/mol. The predicted octanol–water partition coefficient (Wildman–Crippen LogP) is 2.51. The monoisotopic (exact) mass is 239 g/mol. The van der Waals surface area contributed by atoms with Crippen LogP contribution in [-0.4, -0.2) is 17.0 Å². The summed E-state index contributed by atoms with van der Waals surface area (Å²) in [5, 5.41) is 11.3. The van der Waals surface area contributed by atoms with Gasteiger partial charge in [0.25, 0.3) is 0 Å². The average molecular weight is 239 g/mol. The van der Waals surface area contributed by atoms with Gasteiger partial charge in [-0.05, 0) is 18.6 Å². The highest BCUT2D eigenvalue weighted by Crippen LogP contribution is 2.20. The van der Waals surface area contributed by atoms with Gasteiger partial charge in [0.15, 0.2) is 0 Å². The molecule has 0 radical (unpaired) electrons. The number of anilines is 1. The van der Waals surface area contributed by atoms with Gasteiger partial charge in [-0.3, -0.25) is 4.79 Å². The summed E-state index contributed by atoms with van der Waals surface area (Å²) in [7, 11) is 0. The highest BCUT2D eigenvalue weighted by Gasteiger charge is 2.18. The Bertz CT molecular complexity index is 445. The van der Waals surface area contributed by atoms with Crippen molar-refractivity contribution < 1.29 is 19.1 Å². The number of carbonyl (C=O) groups is 2. The first-order valence-electron chi connectivity index (χ1n) is 5.30. The molecule has 1 amide bonds. The summed E-state index contributed by atoms with van der Waals surface area (Å²) < 4.78 is 13.3. The standard InChI is InChI=1S/C12H14FNO3/c1-3-7(2)11(15)14-9-6-4-5-8(13)10(9)12(16)17/h4-7H,3H2,1-2H3,(H,14,15)(H,16,17). The maximum Gasteiger partial charge on any atom is 0.340 e. The number of halogens is 1. The number of rotatable bonds is 4. The molecule has 1 aromatic carbocycles. The number of hydrogen-bond acceptors (Lipinski definition) is 2. The van der Waals surface area contributed by atoms with E-state index in [0.29, 0.717) is 6.42 Å². The van der Waals surface area contributed by atoms with Gasteiger partial charge in [-0.2, -0.15) is 0 Å². The maximum absolute atomic E-state index is 13.3. The van der Waals surface area contributed by atoms with Crippen molar-refractivity contribution in [1.82, 2.24) is 0 Å². The van der Waals surface area contributed by atoms with Gasteiger partial charge in [-0.15, -0.1) is 0 Å². The quantitative estimate of drug-likeness (QED) is 0.848. The minimum atomic E-state index is -1.40. The molecule has 0 fully saturated rings. The fraction of sp³-hybridized carbons (Fsp3) is 0.333. The van der Waals surface area contributed by atoms with Crippen LogP contribution in [0.25, 0.3) is 0 Å². The lowest BCUT2D eigenvalue weighted by atomic mass is 10.1.